The van der Waals surface area contributed by atoms with Gasteiger partial charge in [-0.3, -0.25) is 15.0 Å². The molecule has 1 aliphatic rings. The third-order valence-corrected chi connectivity index (χ3v) is 6.96. The van der Waals surface area contributed by atoms with Gasteiger partial charge in [0.15, 0.2) is 0 Å². The van der Waals surface area contributed by atoms with Crippen LogP contribution in [0.2, 0.25) is 0 Å². The first kappa shape index (κ1) is 19.9. The van der Waals surface area contributed by atoms with E-state index in [9.17, 15) is 18.5 Å². The topological polar surface area (TPSA) is 102 Å². The lowest BCUT2D eigenvalue weighted by atomic mass is 10.1. The minimum atomic E-state index is -3.80. The molecule has 1 aliphatic heterocycles. The van der Waals surface area contributed by atoms with Gasteiger partial charge >= 0.3 is 0 Å². The van der Waals surface area contributed by atoms with Crippen molar-refractivity contribution in [2.24, 2.45) is 0 Å². The molecule has 0 bridgehead atoms. The van der Waals surface area contributed by atoms with Crippen molar-refractivity contribution in [3.8, 4) is 0 Å². The van der Waals surface area contributed by atoms with E-state index in [0.29, 0.717) is 13.2 Å². The summed E-state index contributed by atoms with van der Waals surface area (Å²) in [4.78, 5) is 13.5. The molecule has 0 amide bonds. The highest BCUT2D eigenvalue weighted by Crippen LogP contribution is 2.30. The van der Waals surface area contributed by atoms with E-state index in [2.05, 4.69) is 9.62 Å². The van der Waals surface area contributed by atoms with Crippen LogP contribution in [0.25, 0.3) is 0 Å². The summed E-state index contributed by atoms with van der Waals surface area (Å²) in [5.74, 6) is 0. The highest BCUT2D eigenvalue weighted by molar-refractivity contribution is 7.89. The van der Waals surface area contributed by atoms with Gasteiger partial charge in [-0.1, -0.05) is 6.07 Å². The van der Waals surface area contributed by atoms with E-state index in [1.807, 2.05) is 24.4 Å². The van der Waals surface area contributed by atoms with Crippen molar-refractivity contribution in [3.05, 3.63) is 56.8 Å². The molecule has 0 saturated carbocycles. The fraction of sp³-hybridized carbons (Fsp3) is 0.412. The first-order valence-electron chi connectivity index (χ1n) is 8.50. The quantitative estimate of drug-likeness (QED) is 0.554. The van der Waals surface area contributed by atoms with Crippen LogP contribution < -0.4 is 4.72 Å². The predicted molar refractivity (Wildman–Crippen MR) is 102 cm³/mol. The van der Waals surface area contributed by atoms with E-state index >= 15 is 0 Å². The number of hydrogen-bond donors (Lipinski definition) is 1. The number of nitro benzene ring substituents is 1. The molecular weight excluding hydrogens is 390 g/mol. The second-order valence-corrected chi connectivity index (χ2v) is 8.96. The van der Waals surface area contributed by atoms with Gasteiger partial charge in [-0.2, -0.15) is 0 Å². The van der Waals surface area contributed by atoms with Crippen molar-refractivity contribution in [1.29, 1.82) is 0 Å². The maximum Gasteiger partial charge on any atom is 0.269 e. The van der Waals surface area contributed by atoms with Crippen LogP contribution in [0.5, 0.6) is 0 Å². The number of benzene rings is 1. The number of nitrogens with one attached hydrogen (secondary N) is 1. The van der Waals surface area contributed by atoms with Crippen LogP contribution in [0.15, 0.2) is 46.7 Å². The van der Waals surface area contributed by atoms with Gasteiger partial charge in [0, 0.05) is 36.1 Å². The second-order valence-electron chi connectivity index (χ2n) is 6.27. The molecule has 1 N–H and O–H groups in total. The normalized spacial score (nSPS) is 18.1. The van der Waals surface area contributed by atoms with Crippen LogP contribution in [0, 0.1) is 10.1 Å². The molecule has 2 atom stereocenters. The Labute approximate surface area is 162 Å². The second kappa shape index (κ2) is 8.44. The summed E-state index contributed by atoms with van der Waals surface area (Å²) in [7, 11) is -3.80. The van der Waals surface area contributed by atoms with Crippen molar-refractivity contribution >= 4 is 27.0 Å². The average Bonchev–Trinajstić information content (AvgIpc) is 3.16. The molecule has 0 aliphatic carbocycles. The van der Waals surface area contributed by atoms with Gasteiger partial charge in [0.2, 0.25) is 10.0 Å². The number of sulfonamides is 1. The monoisotopic (exact) mass is 411 g/mol. The Hall–Kier alpha value is -1.85. The van der Waals surface area contributed by atoms with Gasteiger partial charge in [0.05, 0.1) is 29.1 Å². The molecule has 8 nitrogen and oxygen atoms in total. The minimum absolute atomic E-state index is 0.00635. The molecule has 1 aromatic carbocycles. The average molecular weight is 412 g/mol. The number of thiophene rings is 1. The van der Waals surface area contributed by atoms with Gasteiger partial charge in [0.25, 0.3) is 5.69 Å². The highest BCUT2D eigenvalue weighted by Gasteiger charge is 2.31. The molecule has 2 heterocycles. The molecule has 27 heavy (non-hydrogen) atoms. The van der Waals surface area contributed by atoms with Crippen molar-refractivity contribution in [3.63, 3.8) is 0 Å². The zero-order valence-electron chi connectivity index (χ0n) is 14.8. The Morgan fingerprint density at radius 3 is 2.44 bits per heavy atom. The molecule has 1 aromatic heterocycles. The predicted octanol–water partition coefficient (Wildman–Crippen LogP) is 2.40. The van der Waals surface area contributed by atoms with E-state index in [1.54, 1.807) is 11.3 Å². The largest absolute Gasteiger partial charge is 0.379 e. The van der Waals surface area contributed by atoms with Gasteiger partial charge in [-0.05, 0) is 30.5 Å². The lowest BCUT2D eigenvalue weighted by Crippen LogP contribution is -2.48. The van der Waals surface area contributed by atoms with Crippen LogP contribution in [0.3, 0.4) is 0 Å². The van der Waals surface area contributed by atoms with E-state index in [1.165, 1.54) is 24.3 Å². The zero-order chi connectivity index (χ0) is 19.4. The minimum Gasteiger partial charge on any atom is -0.379 e. The SMILES string of the molecule is C[C@H](NS(=O)(=O)c1ccc([N+](=O)[O-])cc1)[C@H](c1cccs1)N1CCOCC1. The van der Waals surface area contributed by atoms with Crippen molar-refractivity contribution in [2.75, 3.05) is 26.3 Å². The molecule has 0 radical (unpaired) electrons. The van der Waals surface area contributed by atoms with Crippen molar-refractivity contribution in [1.82, 2.24) is 9.62 Å². The Morgan fingerprint density at radius 1 is 1.22 bits per heavy atom. The number of rotatable bonds is 7. The van der Waals surface area contributed by atoms with Crippen LogP contribution in [-0.2, 0) is 14.8 Å². The summed E-state index contributed by atoms with van der Waals surface area (Å²) >= 11 is 1.59. The fourth-order valence-corrected chi connectivity index (χ4v) is 5.39. The highest BCUT2D eigenvalue weighted by atomic mass is 32.2. The lowest BCUT2D eigenvalue weighted by Gasteiger charge is -2.37. The summed E-state index contributed by atoms with van der Waals surface area (Å²) in [5, 5.41) is 12.7. The smallest absolute Gasteiger partial charge is 0.269 e. The molecule has 0 unspecified atom stereocenters. The summed E-state index contributed by atoms with van der Waals surface area (Å²) in [6.07, 6.45) is 0. The van der Waals surface area contributed by atoms with E-state index < -0.39 is 14.9 Å². The molecule has 2 aromatic rings. The number of nitrogens with zero attached hydrogens (tertiary/aromatic N) is 2. The summed E-state index contributed by atoms with van der Waals surface area (Å²) in [6, 6.07) is 8.34. The van der Waals surface area contributed by atoms with Crippen LogP contribution >= 0.6 is 11.3 Å². The third kappa shape index (κ3) is 4.71. The Kier molecular flexibility index (Phi) is 6.22. The molecule has 0 spiro atoms. The van der Waals surface area contributed by atoms with E-state index in [-0.39, 0.29) is 22.7 Å². The molecule has 146 valence electrons. The van der Waals surface area contributed by atoms with Crippen LogP contribution in [0.4, 0.5) is 5.69 Å². The Bertz CT molecular complexity index is 862. The zero-order valence-corrected chi connectivity index (χ0v) is 16.4. The Balaban J connectivity index is 1.81. The van der Waals surface area contributed by atoms with Gasteiger partial charge in [-0.15, -0.1) is 11.3 Å². The van der Waals surface area contributed by atoms with Crippen molar-refractivity contribution in [2.45, 2.75) is 23.9 Å². The first-order chi connectivity index (χ1) is 12.9. The summed E-state index contributed by atoms with van der Waals surface area (Å²) in [5.41, 5.74) is -0.147. The first-order valence-corrected chi connectivity index (χ1v) is 10.9. The summed E-state index contributed by atoms with van der Waals surface area (Å²) in [6.45, 7) is 4.52. The Morgan fingerprint density at radius 2 is 1.89 bits per heavy atom. The number of non-ortho nitro benzene ring substituents is 1. The number of morpholine rings is 1. The standard InChI is InChI=1S/C17H21N3O5S2/c1-13(17(16-3-2-12-26-16)19-8-10-25-11-9-19)18-27(23,24)15-6-4-14(5-7-15)20(21)22/h2-7,12-13,17-18H,8-11H2,1H3/t13-,17+/m0/s1. The number of ether oxygens (including phenoxy) is 1. The molecule has 1 saturated heterocycles. The third-order valence-electron chi connectivity index (χ3n) is 4.45. The number of hydrogen-bond acceptors (Lipinski definition) is 7. The van der Waals surface area contributed by atoms with Gasteiger partial charge in [0.1, 0.15) is 0 Å². The fourth-order valence-electron chi connectivity index (χ4n) is 3.18. The lowest BCUT2D eigenvalue weighted by molar-refractivity contribution is -0.384. The van der Waals surface area contributed by atoms with E-state index in [0.717, 1.165) is 18.0 Å². The number of nitro groups is 1. The maximum absolute atomic E-state index is 12.8. The molecule has 1 fully saturated rings. The van der Waals surface area contributed by atoms with Crippen molar-refractivity contribution < 1.29 is 18.1 Å². The van der Waals surface area contributed by atoms with Gasteiger partial charge < -0.3 is 4.74 Å². The van der Waals surface area contributed by atoms with Gasteiger partial charge in [-0.25, -0.2) is 13.1 Å². The summed E-state index contributed by atoms with van der Waals surface area (Å²) < 4.78 is 33.7. The van der Waals surface area contributed by atoms with E-state index in [4.69, 9.17) is 4.74 Å². The van der Waals surface area contributed by atoms with Crippen LogP contribution in [-0.4, -0.2) is 50.6 Å². The van der Waals surface area contributed by atoms with Crippen LogP contribution in [0.1, 0.15) is 17.8 Å². The molecule has 3 rings (SSSR count). The maximum atomic E-state index is 12.8. The molecular formula is C17H21N3O5S2. The molecule has 10 heteroatoms.